The minimum atomic E-state index is 0.0442. The third-order valence-electron chi connectivity index (χ3n) is 8.41. The van der Waals surface area contributed by atoms with Gasteiger partial charge in [0.1, 0.15) is 6.54 Å². The smallest absolute Gasteiger partial charge is 0.274 e. The molecule has 2 unspecified atom stereocenters. The molecule has 4 aliphatic rings. The Labute approximate surface area is 200 Å². The molecule has 8 heteroatoms. The van der Waals surface area contributed by atoms with Crippen LogP contribution in [0.3, 0.4) is 0 Å². The Balaban J connectivity index is 1.12. The summed E-state index contributed by atoms with van der Waals surface area (Å²) in [4.78, 5) is 32.8. The van der Waals surface area contributed by atoms with Crippen LogP contribution in [0.4, 0.5) is 5.69 Å². The van der Waals surface area contributed by atoms with Crippen LogP contribution in [0.2, 0.25) is 0 Å². The van der Waals surface area contributed by atoms with Gasteiger partial charge in [0.2, 0.25) is 5.91 Å². The summed E-state index contributed by atoms with van der Waals surface area (Å²) >= 11 is 0. The van der Waals surface area contributed by atoms with Crippen LogP contribution in [-0.4, -0.2) is 83.2 Å². The van der Waals surface area contributed by atoms with Crippen molar-refractivity contribution in [3.63, 3.8) is 0 Å². The highest BCUT2D eigenvalue weighted by Gasteiger charge is 2.42. The monoisotopic (exact) mass is 462 g/mol. The number of fused-ring (bicyclic) bond motifs is 2. The topological polar surface area (TPSA) is 73.7 Å². The maximum atomic E-state index is 13.3. The Bertz CT molecular complexity index is 1120. The average Bonchev–Trinajstić information content (AvgIpc) is 3.51. The number of hydrogen-bond acceptors (Lipinski definition) is 5. The third kappa shape index (κ3) is 3.59. The van der Waals surface area contributed by atoms with E-state index >= 15 is 0 Å². The van der Waals surface area contributed by atoms with E-state index in [4.69, 9.17) is 5.10 Å². The molecular formula is C26H34N6O2. The van der Waals surface area contributed by atoms with Crippen LogP contribution >= 0.6 is 0 Å². The number of piperazine rings is 1. The molecule has 3 fully saturated rings. The SMILES string of the molecule is Cc1cccc(N2CCN(C(=O)Cn3nc(C(=O)N4CC5CNC5C4)c4c3CCC4)CC2)c1C. The fourth-order valence-electron chi connectivity index (χ4n) is 6.08. The molecule has 180 valence electrons. The van der Waals surface area contributed by atoms with E-state index in [-0.39, 0.29) is 18.4 Å². The van der Waals surface area contributed by atoms with Crippen LogP contribution in [-0.2, 0) is 24.2 Å². The molecule has 3 saturated heterocycles. The number of nitrogens with one attached hydrogen (secondary N) is 1. The molecule has 2 aromatic rings. The summed E-state index contributed by atoms with van der Waals surface area (Å²) in [7, 11) is 0. The van der Waals surface area contributed by atoms with Gasteiger partial charge < -0.3 is 20.0 Å². The lowest BCUT2D eigenvalue weighted by Crippen LogP contribution is -2.51. The zero-order valence-electron chi connectivity index (χ0n) is 20.2. The van der Waals surface area contributed by atoms with Crippen LogP contribution in [0.5, 0.6) is 0 Å². The van der Waals surface area contributed by atoms with E-state index in [0.717, 1.165) is 63.2 Å². The largest absolute Gasteiger partial charge is 0.368 e. The number of aryl methyl sites for hydroxylation is 1. The highest BCUT2D eigenvalue weighted by molar-refractivity contribution is 5.94. The molecule has 34 heavy (non-hydrogen) atoms. The summed E-state index contributed by atoms with van der Waals surface area (Å²) in [5.41, 5.74) is 6.63. The summed E-state index contributed by atoms with van der Waals surface area (Å²) in [6.45, 7) is 10.2. The molecule has 6 rings (SSSR count). The lowest BCUT2D eigenvalue weighted by atomic mass is 9.96. The highest BCUT2D eigenvalue weighted by atomic mass is 16.2. The molecule has 8 nitrogen and oxygen atoms in total. The Morgan fingerprint density at radius 3 is 2.59 bits per heavy atom. The van der Waals surface area contributed by atoms with Gasteiger partial charge in [0.25, 0.3) is 5.91 Å². The first-order valence-electron chi connectivity index (χ1n) is 12.7. The molecule has 0 radical (unpaired) electrons. The molecule has 4 heterocycles. The maximum absolute atomic E-state index is 13.3. The van der Waals surface area contributed by atoms with Crippen molar-refractivity contribution in [2.45, 2.75) is 45.7 Å². The fraction of sp³-hybridized carbons (Fsp3) is 0.577. The third-order valence-corrected chi connectivity index (χ3v) is 8.41. The van der Waals surface area contributed by atoms with Gasteiger partial charge in [0, 0.05) is 74.7 Å². The van der Waals surface area contributed by atoms with Gasteiger partial charge in [-0.1, -0.05) is 12.1 Å². The number of likely N-dealkylation sites (tertiary alicyclic amines) is 1. The first-order valence-corrected chi connectivity index (χ1v) is 12.7. The number of carbonyl (C=O) groups is 2. The van der Waals surface area contributed by atoms with Crippen LogP contribution in [0.25, 0.3) is 0 Å². The minimum absolute atomic E-state index is 0.0442. The van der Waals surface area contributed by atoms with Crippen molar-refractivity contribution in [3.05, 3.63) is 46.3 Å². The molecule has 1 aromatic heterocycles. The van der Waals surface area contributed by atoms with Crippen molar-refractivity contribution in [2.75, 3.05) is 50.7 Å². The number of rotatable bonds is 4. The predicted octanol–water partition coefficient (Wildman–Crippen LogP) is 1.38. The van der Waals surface area contributed by atoms with E-state index < -0.39 is 0 Å². The highest BCUT2D eigenvalue weighted by Crippen LogP contribution is 2.30. The summed E-state index contributed by atoms with van der Waals surface area (Å²) in [6, 6.07) is 6.87. The van der Waals surface area contributed by atoms with Crippen molar-refractivity contribution in [1.29, 1.82) is 0 Å². The molecule has 2 amide bonds. The summed E-state index contributed by atoms with van der Waals surface area (Å²) < 4.78 is 1.83. The molecular weight excluding hydrogens is 428 g/mol. The number of carbonyl (C=O) groups excluding carboxylic acids is 2. The Hall–Kier alpha value is -2.87. The first-order chi connectivity index (χ1) is 16.5. The van der Waals surface area contributed by atoms with Gasteiger partial charge in [-0.2, -0.15) is 5.10 Å². The van der Waals surface area contributed by atoms with E-state index in [1.807, 2.05) is 14.5 Å². The standard InChI is InChI=1S/C26H34N6O2/c1-17-5-3-7-22(18(17)2)29-9-11-30(12-10-29)24(33)16-32-23-8-4-6-20(23)25(28-32)26(34)31-14-19-13-27-21(19)15-31/h3,5,7,19,21,27H,4,6,8-16H2,1-2H3. The quantitative estimate of drug-likeness (QED) is 0.743. The van der Waals surface area contributed by atoms with Gasteiger partial charge in [0.15, 0.2) is 5.69 Å². The van der Waals surface area contributed by atoms with E-state index in [1.165, 1.54) is 16.8 Å². The first kappa shape index (κ1) is 21.6. The molecule has 0 bridgehead atoms. The molecule has 0 saturated carbocycles. The van der Waals surface area contributed by atoms with Gasteiger partial charge in [-0.15, -0.1) is 0 Å². The Kier molecular flexibility index (Phi) is 5.36. The molecule has 1 aliphatic carbocycles. The van der Waals surface area contributed by atoms with Crippen LogP contribution in [0.15, 0.2) is 18.2 Å². The Morgan fingerprint density at radius 1 is 1.06 bits per heavy atom. The van der Waals surface area contributed by atoms with Crippen molar-refractivity contribution in [2.24, 2.45) is 5.92 Å². The fourth-order valence-corrected chi connectivity index (χ4v) is 6.08. The van der Waals surface area contributed by atoms with Crippen molar-refractivity contribution >= 4 is 17.5 Å². The zero-order valence-corrected chi connectivity index (χ0v) is 20.2. The lowest BCUT2D eigenvalue weighted by Gasteiger charge is -2.37. The van der Waals surface area contributed by atoms with E-state index in [9.17, 15) is 9.59 Å². The molecule has 3 aliphatic heterocycles. The molecule has 1 aromatic carbocycles. The molecule has 2 atom stereocenters. The van der Waals surface area contributed by atoms with Gasteiger partial charge in [-0.25, -0.2) is 0 Å². The van der Waals surface area contributed by atoms with Gasteiger partial charge in [-0.3, -0.25) is 14.3 Å². The number of nitrogens with zero attached hydrogens (tertiary/aromatic N) is 5. The number of hydrogen-bond donors (Lipinski definition) is 1. The maximum Gasteiger partial charge on any atom is 0.274 e. The molecule has 0 spiro atoms. The van der Waals surface area contributed by atoms with Crippen molar-refractivity contribution in [3.8, 4) is 0 Å². The second-order valence-electron chi connectivity index (χ2n) is 10.4. The minimum Gasteiger partial charge on any atom is -0.368 e. The van der Waals surface area contributed by atoms with Crippen LogP contribution < -0.4 is 10.2 Å². The number of benzene rings is 1. The van der Waals surface area contributed by atoms with Gasteiger partial charge >= 0.3 is 0 Å². The second-order valence-corrected chi connectivity index (χ2v) is 10.4. The average molecular weight is 463 g/mol. The van der Waals surface area contributed by atoms with Crippen LogP contribution in [0.1, 0.15) is 39.3 Å². The lowest BCUT2D eigenvalue weighted by molar-refractivity contribution is -0.132. The number of anilines is 1. The predicted molar refractivity (Wildman–Crippen MR) is 130 cm³/mol. The number of aromatic nitrogens is 2. The summed E-state index contributed by atoms with van der Waals surface area (Å²) in [5, 5.41) is 8.12. The van der Waals surface area contributed by atoms with Crippen LogP contribution in [0, 0.1) is 19.8 Å². The van der Waals surface area contributed by atoms with E-state index in [0.29, 0.717) is 30.7 Å². The number of amides is 2. The van der Waals surface area contributed by atoms with Gasteiger partial charge in [0.05, 0.1) is 0 Å². The molecule has 1 N–H and O–H groups in total. The normalized spacial score (nSPS) is 23.6. The van der Waals surface area contributed by atoms with Crippen molar-refractivity contribution < 1.29 is 9.59 Å². The van der Waals surface area contributed by atoms with Crippen molar-refractivity contribution in [1.82, 2.24) is 24.9 Å². The summed E-state index contributed by atoms with van der Waals surface area (Å²) in [5.74, 6) is 0.728. The Morgan fingerprint density at radius 2 is 1.88 bits per heavy atom. The zero-order chi connectivity index (χ0) is 23.4. The van der Waals surface area contributed by atoms with E-state index in [1.54, 1.807) is 0 Å². The second kappa shape index (κ2) is 8.41. The van der Waals surface area contributed by atoms with E-state index in [2.05, 4.69) is 42.3 Å². The van der Waals surface area contributed by atoms with Gasteiger partial charge in [-0.05, 0) is 50.3 Å². The summed E-state index contributed by atoms with van der Waals surface area (Å²) in [6.07, 6.45) is 2.82.